The zero-order valence-electron chi connectivity index (χ0n) is 10.9. The molecule has 1 saturated heterocycles. The van der Waals surface area contributed by atoms with Crippen LogP contribution in [0.25, 0.3) is 0 Å². The van der Waals surface area contributed by atoms with E-state index in [-0.39, 0.29) is 0 Å². The molecule has 1 fully saturated rings. The van der Waals surface area contributed by atoms with Crippen molar-refractivity contribution in [3.05, 3.63) is 23.9 Å². The maximum Gasteiger partial charge on any atom is 0.128 e. The van der Waals surface area contributed by atoms with Crippen molar-refractivity contribution in [2.45, 2.75) is 33.2 Å². The van der Waals surface area contributed by atoms with Crippen molar-refractivity contribution in [2.24, 2.45) is 5.92 Å². The van der Waals surface area contributed by atoms with E-state index in [4.69, 9.17) is 4.98 Å². The molecule has 1 unspecified atom stereocenters. The Morgan fingerprint density at radius 3 is 3.00 bits per heavy atom. The van der Waals surface area contributed by atoms with Crippen LogP contribution < -0.4 is 10.2 Å². The van der Waals surface area contributed by atoms with Gasteiger partial charge in [-0.1, -0.05) is 26.3 Å². The van der Waals surface area contributed by atoms with E-state index in [9.17, 15) is 0 Å². The number of hydrogen-bond acceptors (Lipinski definition) is 3. The third kappa shape index (κ3) is 3.19. The van der Waals surface area contributed by atoms with Gasteiger partial charge in [-0.2, -0.15) is 0 Å². The maximum absolute atomic E-state index is 4.72. The minimum Gasteiger partial charge on any atom is -0.356 e. The molecule has 0 aliphatic carbocycles. The van der Waals surface area contributed by atoms with Crippen molar-refractivity contribution < 1.29 is 0 Å². The molecule has 0 aromatic carbocycles. The molecule has 0 amide bonds. The second-order valence-electron chi connectivity index (χ2n) is 4.78. The molecule has 94 valence electrons. The molecule has 2 heterocycles. The summed E-state index contributed by atoms with van der Waals surface area (Å²) in [5.74, 6) is 2.01. The van der Waals surface area contributed by atoms with Crippen LogP contribution in [0.1, 0.15) is 32.4 Å². The van der Waals surface area contributed by atoms with Crippen molar-refractivity contribution in [1.29, 1.82) is 0 Å². The molecule has 17 heavy (non-hydrogen) atoms. The van der Waals surface area contributed by atoms with Gasteiger partial charge in [0, 0.05) is 19.6 Å². The number of nitrogens with zero attached hydrogens (tertiary/aromatic N) is 2. The Hall–Kier alpha value is -1.09. The van der Waals surface area contributed by atoms with Crippen molar-refractivity contribution in [3.63, 3.8) is 0 Å². The van der Waals surface area contributed by atoms with Crippen LogP contribution in [-0.2, 0) is 6.54 Å². The van der Waals surface area contributed by atoms with E-state index in [0.717, 1.165) is 37.1 Å². The van der Waals surface area contributed by atoms with Crippen LogP contribution in [0, 0.1) is 5.92 Å². The molecule has 0 saturated carbocycles. The zero-order chi connectivity index (χ0) is 12.1. The number of aromatic nitrogens is 1. The van der Waals surface area contributed by atoms with E-state index in [2.05, 4.69) is 42.3 Å². The van der Waals surface area contributed by atoms with E-state index in [0.29, 0.717) is 0 Å². The molecule has 3 heteroatoms. The molecule has 3 nitrogen and oxygen atoms in total. The fourth-order valence-electron chi connectivity index (χ4n) is 2.37. The highest BCUT2D eigenvalue weighted by atomic mass is 15.2. The van der Waals surface area contributed by atoms with Gasteiger partial charge < -0.3 is 10.2 Å². The number of nitrogens with one attached hydrogen (secondary N) is 1. The van der Waals surface area contributed by atoms with Gasteiger partial charge in [-0.05, 0) is 31.0 Å². The highest BCUT2D eigenvalue weighted by Crippen LogP contribution is 2.23. The smallest absolute Gasteiger partial charge is 0.128 e. The first-order valence-electron chi connectivity index (χ1n) is 6.75. The van der Waals surface area contributed by atoms with Crippen LogP contribution >= 0.6 is 0 Å². The summed E-state index contributed by atoms with van der Waals surface area (Å²) in [6, 6.07) is 6.35. The van der Waals surface area contributed by atoms with Crippen LogP contribution in [0.3, 0.4) is 0 Å². The van der Waals surface area contributed by atoms with Crippen molar-refractivity contribution in [1.82, 2.24) is 10.3 Å². The molecular weight excluding hydrogens is 210 g/mol. The normalized spacial score (nSPS) is 19.9. The SMILES string of the molecule is CCNCc1cccc(N2CCC(CC)C2)n1. The van der Waals surface area contributed by atoms with Gasteiger partial charge in [0.15, 0.2) is 0 Å². The van der Waals surface area contributed by atoms with Gasteiger partial charge in [0.25, 0.3) is 0 Å². The summed E-state index contributed by atoms with van der Waals surface area (Å²) in [6.07, 6.45) is 2.60. The quantitative estimate of drug-likeness (QED) is 0.846. The largest absolute Gasteiger partial charge is 0.356 e. The third-order valence-corrected chi connectivity index (χ3v) is 3.54. The lowest BCUT2D eigenvalue weighted by molar-refractivity contribution is 0.568. The maximum atomic E-state index is 4.72. The van der Waals surface area contributed by atoms with Gasteiger partial charge in [-0.3, -0.25) is 0 Å². The Balaban J connectivity index is 2.01. The van der Waals surface area contributed by atoms with Crippen molar-refractivity contribution >= 4 is 5.82 Å². The van der Waals surface area contributed by atoms with E-state index in [1.807, 2.05) is 0 Å². The molecule has 1 aromatic heterocycles. The topological polar surface area (TPSA) is 28.2 Å². The summed E-state index contributed by atoms with van der Waals surface area (Å²) in [5, 5.41) is 3.32. The second-order valence-corrected chi connectivity index (χ2v) is 4.78. The summed E-state index contributed by atoms with van der Waals surface area (Å²) in [7, 11) is 0. The molecule has 1 atom stereocenters. The molecule has 1 aliphatic rings. The summed E-state index contributed by atoms with van der Waals surface area (Å²) in [4.78, 5) is 7.14. The van der Waals surface area contributed by atoms with Crippen LogP contribution in [-0.4, -0.2) is 24.6 Å². The van der Waals surface area contributed by atoms with Gasteiger partial charge in [-0.25, -0.2) is 4.98 Å². The first-order valence-corrected chi connectivity index (χ1v) is 6.75. The molecule has 0 bridgehead atoms. The minimum atomic E-state index is 0.856. The Kier molecular flexibility index (Phi) is 4.37. The highest BCUT2D eigenvalue weighted by molar-refractivity contribution is 5.40. The highest BCUT2D eigenvalue weighted by Gasteiger charge is 2.21. The van der Waals surface area contributed by atoms with Gasteiger partial charge >= 0.3 is 0 Å². The monoisotopic (exact) mass is 233 g/mol. The van der Waals surface area contributed by atoms with Crippen LogP contribution in [0.15, 0.2) is 18.2 Å². The van der Waals surface area contributed by atoms with E-state index >= 15 is 0 Å². The van der Waals surface area contributed by atoms with E-state index in [1.165, 1.54) is 19.4 Å². The summed E-state index contributed by atoms with van der Waals surface area (Å²) in [6.45, 7) is 8.60. The number of rotatable bonds is 5. The van der Waals surface area contributed by atoms with Crippen molar-refractivity contribution in [2.75, 3.05) is 24.5 Å². The van der Waals surface area contributed by atoms with Gasteiger partial charge in [0.2, 0.25) is 0 Å². The van der Waals surface area contributed by atoms with E-state index in [1.54, 1.807) is 0 Å². The van der Waals surface area contributed by atoms with Gasteiger partial charge in [-0.15, -0.1) is 0 Å². The lowest BCUT2D eigenvalue weighted by atomic mass is 10.1. The summed E-state index contributed by atoms with van der Waals surface area (Å²) < 4.78 is 0. The summed E-state index contributed by atoms with van der Waals surface area (Å²) in [5.41, 5.74) is 1.14. The third-order valence-electron chi connectivity index (χ3n) is 3.54. The average Bonchev–Trinajstić information content (AvgIpc) is 2.85. The van der Waals surface area contributed by atoms with Gasteiger partial charge in [0.1, 0.15) is 5.82 Å². The molecule has 1 aliphatic heterocycles. The first-order chi connectivity index (χ1) is 8.33. The fourth-order valence-corrected chi connectivity index (χ4v) is 2.37. The molecular formula is C14H23N3. The number of hydrogen-bond donors (Lipinski definition) is 1. The minimum absolute atomic E-state index is 0.856. The predicted octanol–water partition coefficient (Wildman–Crippen LogP) is 2.43. The van der Waals surface area contributed by atoms with Crippen LogP contribution in [0.2, 0.25) is 0 Å². The molecule has 0 spiro atoms. The van der Waals surface area contributed by atoms with Crippen LogP contribution in [0.4, 0.5) is 5.82 Å². The predicted molar refractivity (Wildman–Crippen MR) is 72.2 cm³/mol. The first kappa shape index (κ1) is 12.4. The van der Waals surface area contributed by atoms with Gasteiger partial charge in [0.05, 0.1) is 5.69 Å². The summed E-state index contributed by atoms with van der Waals surface area (Å²) >= 11 is 0. The lowest BCUT2D eigenvalue weighted by Crippen LogP contribution is -2.21. The Morgan fingerprint density at radius 1 is 1.41 bits per heavy atom. The molecule has 0 radical (unpaired) electrons. The fraction of sp³-hybridized carbons (Fsp3) is 0.643. The molecule has 1 aromatic rings. The Bertz CT molecular complexity index is 351. The van der Waals surface area contributed by atoms with E-state index < -0.39 is 0 Å². The lowest BCUT2D eigenvalue weighted by Gasteiger charge is -2.18. The van der Waals surface area contributed by atoms with Crippen LogP contribution in [0.5, 0.6) is 0 Å². The standard InChI is InChI=1S/C14H23N3/c1-3-12-8-9-17(11-12)14-7-5-6-13(16-14)10-15-4-2/h5-7,12,15H,3-4,8-11H2,1-2H3. The zero-order valence-corrected chi connectivity index (χ0v) is 10.9. The average molecular weight is 233 g/mol. The second kappa shape index (κ2) is 6.01. The Morgan fingerprint density at radius 2 is 2.29 bits per heavy atom. The molecule has 2 rings (SSSR count). The number of anilines is 1. The number of pyridine rings is 1. The Labute approximate surface area is 104 Å². The van der Waals surface area contributed by atoms with Crippen molar-refractivity contribution in [3.8, 4) is 0 Å². The molecule has 1 N–H and O–H groups in total.